The van der Waals surface area contributed by atoms with Crippen molar-refractivity contribution in [3.8, 4) is 11.5 Å². The van der Waals surface area contributed by atoms with Crippen molar-refractivity contribution >= 4 is 17.0 Å². The van der Waals surface area contributed by atoms with Crippen LogP contribution in [0.3, 0.4) is 0 Å². The molecule has 0 radical (unpaired) electrons. The van der Waals surface area contributed by atoms with Crippen molar-refractivity contribution in [3.05, 3.63) is 108 Å². The normalized spacial score (nSPS) is 23.9. The van der Waals surface area contributed by atoms with Crippen molar-refractivity contribution in [2.24, 2.45) is 0 Å². The van der Waals surface area contributed by atoms with E-state index in [1.807, 2.05) is 0 Å². The SMILES string of the molecule is COc1ccc(C(c2ccccc2)(c2ccc(OC)cc2)[C@@]2(n3cnc4c(N)ncnc43)O[C@H](CO)[C@@H](O)[C@]2(O)F)cc1. The molecule has 0 aliphatic carbocycles. The predicted octanol–water partition coefficient (Wildman–Crippen LogP) is 2.52. The molecular formula is C31H30FN5O6. The number of alkyl halides is 1. The Bertz CT molecular complexity index is 1680. The van der Waals surface area contributed by atoms with Gasteiger partial charge >= 0.3 is 0 Å². The molecule has 12 heteroatoms. The quantitative estimate of drug-likeness (QED) is 0.199. The maximum atomic E-state index is 17.7. The highest BCUT2D eigenvalue weighted by atomic mass is 19.2. The number of nitrogen functional groups attached to an aromatic ring is 1. The molecule has 1 saturated heterocycles. The third-order valence-electron chi connectivity index (χ3n) is 8.18. The summed E-state index contributed by atoms with van der Waals surface area (Å²) < 4.78 is 36.2. The largest absolute Gasteiger partial charge is 0.497 e. The zero-order valence-electron chi connectivity index (χ0n) is 23.3. The summed E-state index contributed by atoms with van der Waals surface area (Å²) in [6.45, 7) is -0.811. The van der Waals surface area contributed by atoms with Crippen molar-refractivity contribution in [3.63, 3.8) is 0 Å². The summed E-state index contributed by atoms with van der Waals surface area (Å²) >= 11 is 0. The average molecular weight is 588 g/mol. The molecule has 2 aromatic heterocycles. The van der Waals surface area contributed by atoms with E-state index in [0.29, 0.717) is 28.2 Å². The van der Waals surface area contributed by atoms with Gasteiger partial charge in [0.05, 0.1) is 32.6 Å². The molecule has 1 aliphatic rings. The highest BCUT2D eigenvalue weighted by molar-refractivity contribution is 5.81. The smallest absolute Gasteiger partial charge is 0.285 e. The summed E-state index contributed by atoms with van der Waals surface area (Å²) in [7, 11) is 3.05. The number of halogens is 1. The summed E-state index contributed by atoms with van der Waals surface area (Å²) in [5.41, 5.74) is 3.20. The van der Waals surface area contributed by atoms with Crippen LogP contribution in [0.2, 0.25) is 0 Å². The van der Waals surface area contributed by atoms with Gasteiger partial charge in [0.1, 0.15) is 35.6 Å². The van der Waals surface area contributed by atoms with Crippen LogP contribution in [0.15, 0.2) is 91.5 Å². The number of nitrogens with zero attached hydrogens (tertiary/aromatic N) is 4. The van der Waals surface area contributed by atoms with E-state index in [1.54, 1.807) is 78.9 Å². The molecule has 1 aliphatic heterocycles. The maximum absolute atomic E-state index is 17.7. The van der Waals surface area contributed by atoms with Gasteiger partial charge in [-0.3, -0.25) is 4.57 Å². The molecule has 5 N–H and O–H groups in total. The Labute approximate surface area is 246 Å². The second kappa shape index (κ2) is 10.6. The second-order valence-electron chi connectivity index (χ2n) is 10.2. The number of aliphatic hydroxyl groups excluding tert-OH is 2. The van der Waals surface area contributed by atoms with Crippen molar-refractivity contribution in [1.29, 1.82) is 0 Å². The van der Waals surface area contributed by atoms with E-state index in [1.165, 1.54) is 31.4 Å². The minimum Gasteiger partial charge on any atom is -0.497 e. The molecule has 1 fully saturated rings. The van der Waals surface area contributed by atoms with E-state index in [2.05, 4.69) is 15.0 Å². The lowest BCUT2D eigenvalue weighted by molar-refractivity contribution is -0.277. The van der Waals surface area contributed by atoms with Crippen LogP contribution in [-0.4, -0.2) is 73.7 Å². The first-order valence-electron chi connectivity index (χ1n) is 13.4. The van der Waals surface area contributed by atoms with E-state index in [-0.39, 0.29) is 17.0 Å². The van der Waals surface area contributed by atoms with Gasteiger partial charge in [0.2, 0.25) is 5.72 Å². The third-order valence-corrected chi connectivity index (χ3v) is 8.18. The van der Waals surface area contributed by atoms with Crippen LogP contribution in [0.1, 0.15) is 16.7 Å². The van der Waals surface area contributed by atoms with Crippen LogP contribution in [0.25, 0.3) is 11.2 Å². The van der Waals surface area contributed by atoms with Crippen molar-refractivity contribution < 1.29 is 33.9 Å². The Morgan fingerprint density at radius 3 is 1.98 bits per heavy atom. The molecule has 0 bridgehead atoms. The number of anilines is 1. The summed E-state index contributed by atoms with van der Waals surface area (Å²) in [5, 5.41) is 33.7. The Balaban J connectivity index is 1.86. The molecule has 11 nitrogen and oxygen atoms in total. The third kappa shape index (κ3) is 3.91. The number of nitrogens with two attached hydrogens (primary N) is 1. The number of aliphatic hydroxyl groups is 3. The Kier molecular flexibility index (Phi) is 7.01. The molecule has 4 atom stereocenters. The van der Waals surface area contributed by atoms with Gasteiger partial charge in [-0.2, -0.15) is 0 Å². The molecule has 0 saturated carbocycles. The fourth-order valence-corrected chi connectivity index (χ4v) is 6.25. The van der Waals surface area contributed by atoms with Gasteiger partial charge in [-0.05, 0) is 41.0 Å². The molecule has 6 rings (SSSR count). The van der Waals surface area contributed by atoms with Crippen LogP contribution in [0.5, 0.6) is 11.5 Å². The first kappa shape index (κ1) is 28.5. The predicted molar refractivity (Wildman–Crippen MR) is 154 cm³/mol. The van der Waals surface area contributed by atoms with Crippen molar-refractivity contribution in [2.45, 2.75) is 29.2 Å². The number of methoxy groups -OCH3 is 2. The Morgan fingerprint density at radius 1 is 0.907 bits per heavy atom. The van der Waals surface area contributed by atoms with E-state index in [0.717, 1.165) is 0 Å². The van der Waals surface area contributed by atoms with Gasteiger partial charge in [-0.25, -0.2) is 19.3 Å². The van der Waals surface area contributed by atoms with Gasteiger partial charge < -0.3 is 35.3 Å². The average Bonchev–Trinajstić information content (AvgIpc) is 3.57. The number of benzene rings is 3. The standard InChI is InChI=1S/C31H30FN5O6/c1-41-22-12-8-20(9-13-22)29(19-6-4-3-5-7-19,21-10-14-23(42-2)15-11-21)31(30(32,40)26(39)24(16-38)43-31)37-18-36-25-27(33)34-17-35-28(25)37/h3-15,17-18,24,26,38-40H,16H2,1-2H3,(H2,33,34,35)/t24-,26-,30-,31-/m1/s1. The molecule has 0 spiro atoms. The summed E-state index contributed by atoms with van der Waals surface area (Å²) in [6.07, 6.45) is -1.35. The number of ether oxygens (including phenoxy) is 3. The molecular weight excluding hydrogens is 557 g/mol. The van der Waals surface area contributed by atoms with E-state index in [9.17, 15) is 15.3 Å². The highest BCUT2D eigenvalue weighted by Crippen LogP contribution is 2.62. The number of rotatable bonds is 8. The van der Waals surface area contributed by atoms with Crippen LogP contribution in [-0.2, 0) is 15.9 Å². The first-order valence-corrected chi connectivity index (χ1v) is 13.4. The summed E-state index contributed by atoms with van der Waals surface area (Å²) in [4.78, 5) is 12.7. The van der Waals surface area contributed by atoms with E-state index >= 15 is 4.39 Å². The highest BCUT2D eigenvalue weighted by Gasteiger charge is 2.77. The van der Waals surface area contributed by atoms with Gasteiger partial charge in [-0.1, -0.05) is 54.6 Å². The fourth-order valence-electron chi connectivity index (χ4n) is 6.25. The zero-order valence-corrected chi connectivity index (χ0v) is 23.3. The lowest BCUT2D eigenvalue weighted by Crippen LogP contribution is -2.66. The number of aromatic nitrogens is 4. The minimum atomic E-state index is -3.58. The van der Waals surface area contributed by atoms with Crippen molar-refractivity contribution in [1.82, 2.24) is 19.5 Å². The maximum Gasteiger partial charge on any atom is 0.285 e. The van der Waals surface area contributed by atoms with Gasteiger partial charge in [-0.15, -0.1) is 0 Å². The van der Waals surface area contributed by atoms with Gasteiger partial charge in [0.25, 0.3) is 5.85 Å². The number of hydrogen-bond acceptors (Lipinski definition) is 10. The summed E-state index contributed by atoms with van der Waals surface area (Å²) in [5.74, 6) is -2.51. The second-order valence-corrected chi connectivity index (χ2v) is 10.2. The van der Waals surface area contributed by atoms with E-state index < -0.39 is 35.8 Å². The molecule has 43 heavy (non-hydrogen) atoms. The molecule has 222 valence electrons. The summed E-state index contributed by atoms with van der Waals surface area (Å²) in [6, 6.07) is 22.5. The molecule has 3 aromatic carbocycles. The number of imidazole rings is 1. The van der Waals surface area contributed by atoms with Crippen molar-refractivity contribution in [2.75, 3.05) is 26.6 Å². The number of fused-ring (bicyclic) bond motifs is 1. The number of hydrogen-bond donors (Lipinski definition) is 4. The van der Waals surface area contributed by atoms with E-state index in [4.69, 9.17) is 19.9 Å². The topological polar surface area (TPSA) is 158 Å². The lowest BCUT2D eigenvalue weighted by atomic mass is 9.60. The van der Waals surface area contributed by atoms with Crippen LogP contribution >= 0.6 is 0 Å². The Hall–Kier alpha value is -4.62. The fraction of sp³-hybridized carbons (Fsp3) is 0.258. The van der Waals surface area contributed by atoms with Crippen LogP contribution < -0.4 is 15.2 Å². The van der Waals surface area contributed by atoms with Crippen LogP contribution in [0.4, 0.5) is 10.2 Å². The lowest BCUT2D eigenvalue weighted by Gasteiger charge is -2.52. The molecule has 5 aromatic rings. The molecule has 0 unspecified atom stereocenters. The monoisotopic (exact) mass is 587 g/mol. The Morgan fingerprint density at radius 2 is 1.47 bits per heavy atom. The van der Waals surface area contributed by atoms with Gasteiger partial charge in [0, 0.05) is 0 Å². The molecule has 0 amide bonds. The van der Waals surface area contributed by atoms with Gasteiger partial charge in [0.15, 0.2) is 11.5 Å². The zero-order chi connectivity index (χ0) is 30.4. The minimum absolute atomic E-state index is 0.0118. The molecule has 3 heterocycles. The van der Waals surface area contributed by atoms with Crippen LogP contribution in [0, 0.1) is 0 Å². The first-order chi connectivity index (χ1) is 20.8.